The maximum absolute atomic E-state index is 1.60. The topological polar surface area (TPSA) is 0 Å². The third kappa shape index (κ3) is 1.03. The summed E-state index contributed by atoms with van der Waals surface area (Å²) in [6, 6.07) is 0. The highest BCUT2D eigenvalue weighted by atomic mass is 14.6. The molecule has 0 radical (unpaired) electrons. The van der Waals surface area contributed by atoms with Crippen molar-refractivity contribution in [2.24, 2.45) is 17.3 Å². The second kappa shape index (κ2) is 2.49. The van der Waals surface area contributed by atoms with Crippen molar-refractivity contribution in [3.8, 4) is 0 Å². The average Bonchev–Trinajstić information content (AvgIpc) is 2.99. The molecule has 0 aromatic carbocycles. The fourth-order valence-corrected chi connectivity index (χ4v) is 3.63. The summed E-state index contributed by atoms with van der Waals surface area (Å²) >= 11 is 0. The minimum absolute atomic E-state index is 0.931. The van der Waals surface area contributed by atoms with Gasteiger partial charge in [0.15, 0.2) is 0 Å². The molecule has 3 rings (SSSR count). The summed E-state index contributed by atoms with van der Waals surface area (Å²) in [5, 5.41) is 0. The van der Waals surface area contributed by atoms with Crippen molar-refractivity contribution in [1.29, 1.82) is 0 Å². The SMILES string of the molecule is C1CCC(C2(C3CC3)CC2)CC1. The molecule has 0 heteroatoms. The lowest BCUT2D eigenvalue weighted by molar-refractivity contribution is 0.201. The summed E-state index contributed by atoms with van der Waals surface area (Å²) < 4.78 is 0. The van der Waals surface area contributed by atoms with Crippen LogP contribution in [0.3, 0.4) is 0 Å². The number of rotatable bonds is 2. The summed E-state index contributed by atoms with van der Waals surface area (Å²) in [5.74, 6) is 2.36. The molecule has 3 saturated carbocycles. The van der Waals surface area contributed by atoms with Gasteiger partial charge in [-0.05, 0) is 55.8 Å². The van der Waals surface area contributed by atoms with Crippen LogP contribution in [-0.4, -0.2) is 0 Å². The van der Waals surface area contributed by atoms with Crippen molar-refractivity contribution in [2.45, 2.75) is 57.8 Å². The van der Waals surface area contributed by atoms with Crippen LogP contribution in [0, 0.1) is 17.3 Å². The van der Waals surface area contributed by atoms with Gasteiger partial charge >= 0.3 is 0 Å². The Bertz CT molecular complexity index is 168. The zero-order chi connectivity index (χ0) is 8.02. The van der Waals surface area contributed by atoms with Crippen molar-refractivity contribution < 1.29 is 0 Å². The molecule has 68 valence electrons. The minimum Gasteiger partial charge on any atom is -0.0533 e. The Labute approximate surface area is 75.7 Å². The molecule has 0 spiro atoms. The molecule has 3 aliphatic rings. The average molecular weight is 164 g/mol. The quantitative estimate of drug-likeness (QED) is 0.583. The normalized spacial score (nSPS) is 35.0. The van der Waals surface area contributed by atoms with Gasteiger partial charge in [-0.15, -0.1) is 0 Å². The van der Waals surface area contributed by atoms with Gasteiger partial charge < -0.3 is 0 Å². The van der Waals surface area contributed by atoms with E-state index in [2.05, 4.69) is 0 Å². The Morgan fingerprint density at radius 3 is 1.75 bits per heavy atom. The van der Waals surface area contributed by atoms with Crippen LogP contribution >= 0.6 is 0 Å². The van der Waals surface area contributed by atoms with E-state index in [0.717, 1.165) is 5.41 Å². The molecule has 0 N–H and O–H groups in total. The highest BCUT2D eigenvalue weighted by Gasteiger charge is 2.57. The van der Waals surface area contributed by atoms with E-state index < -0.39 is 0 Å². The summed E-state index contributed by atoms with van der Waals surface area (Å²) in [7, 11) is 0. The number of hydrogen-bond acceptors (Lipinski definition) is 0. The van der Waals surface area contributed by atoms with E-state index in [9.17, 15) is 0 Å². The van der Waals surface area contributed by atoms with Crippen molar-refractivity contribution >= 4 is 0 Å². The maximum Gasteiger partial charge on any atom is -0.0240 e. The molecular weight excluding hydrogens is 144 g/mol. The van der Waals surface area contributed by atoms with Gasteiger partial charge in [-0.25, -0.2) is 0 Å². The molecular formula is C12H20. The monoisotopic (exact) mass is 164 g/mol. The second-order valence-corrected chi connectivity index (χ2v) is 5.34. The van der Waals surface area contributed by atoms with Gasteiger partial charge in [-0.1, -0.05) is 19.3 Å². The van der Waals surface area contributed by atoms with Crippen LogP contribution in [-0.2, 0) is 0 Å². The van der Waals surface area contributed by atoms with Gasteiger partial charge in [0.05, 0.1) is 0 Å². The van der Waals surface area contributed by atoms with E-state index in [4.69, 9.17) is 0 Å². The summed E-state index contributed by atoms with van der Waals surface area (Å²) in [5.41, 5.74) is 0.931. The fraction of sp³-hybridized carbons (Fsp3) is 1.00. The first-order chi connectivity index (χ1) is 5.92. The molecule has 0 atom stereocenters. The molecule has 3 aliphatic carbocycles. The Balaban J connectivity index is 1.69. The van der Waals surface area contributed by atoms with Crippen LogP contribution in [0.15, 0.2) is 0 Å². The minimum atomic E-state index is 0.931. The van der Waals surface area contributed by atoms with E-state index in [1.165, 1.54) is 18.3 Å². The van der Waals surface area contributed by atoms with Crippen LogP contribution in [0.2, 0.25) is 0 Å². The summed E-state index contributed by atoms with van der Waals surface area (Å²) in [6.45, 7) is 0. The lowest BCUT2D eigenvalue weighted by atomic mass is 9.75. The van der Waals surface area contributed by atoms with Gasteiger partial charge in [0.1, 0.15) is 0 Å². The molecule has 0 aliphatic heterocycles. The molecule has 0 amide bonds. The molecule has 3 fully saturated rings. The highest BCUT2D eigenvalue weighted by molar-refractivity contribution is 5.07. The van der Waals surface area contributed by atoms with E-state index in [1.54, 1.807) is 51.4 Å². The molecule has 0 heterocycles. The van der Waals surface area contributed by atoms with Crippen LogP contribution in [0.25, 0.3) is 0 Å². The van der Waals surface area contributed by atoms with E-state index >= 15 is 0 Å². The number of hydrogen-bond donors (Lipinski definition) is 0. The second-order valence-electron chi connectivity index (χ2n) is 5.34. The zero-order valence-corrected chi connectivity index (χ0v) is 8.02. The van der Waals surface area contributed by atoms with E-state index in [1.807, 2.05) is 0 Å². The van der Waals surface area contributed by atoms with Gasteiger partial charge in [-0.2, -0.15) is 0 Å². The predicted molar refractivity (Wildman–Crippen MR) is 51.0 cm³/mol. The molecule has 12 heavy (non-hydrogen) atoms. The first-order valence-electron chi connectivity index (χ1n) is 5.92. The first-order valence-corrected chi connectivity index (χ1v) is 5.92. The van der Waals surface area contributed by atoms with Crippen molar-refractivity contribution in [1.82, 2.24) is 0 Å². The Kier molecular flexibility index (Phi) is 1.54. The predicted octanol–water partition coefficient (Wildman–Crippen LogP) is 3.76. The largest absolute Gasteiger partial charge is 0.0533 e. The van der Waals surface area contributed by atoms with Crippen LogP contribution < -0.4 is 0 Å². The Morgan fingerprint density at radius 2 is 1.25 bits per heavy atom. The van der Waals surface area contributed by atoms with Crippen LogP contribution in [0.5, 0.6) is 0 Å². The highest BCUT2D eigenvalue weighted by Crippen LogP contribution is 2.67. The van der Waals surface area contributed by atoms with Gasteiger partial charge in [0.25, 0.3) is 0 Å². The summed E-state index contributed by atoms with van der Waals surface area (Å²) in [6.07, 6.45) is 14.1. The van der Waals surface area contributed by atoms with Crippen LogP contribution in [0.4, 0.5) is 0 Å². The molecule has 0 aromatic heterocycles. The van der Waals surface area contributed by atoms with Gasteiger partial charge in [0.2, 0.25) is 0 Å². The van der Waals surface area contributed by atoms with Crippen LogP contribution in [0.1, 0.15) is 57.8 Å². The van der Waals surface area contributed by atoms with Crippen molar-refractivity contribution in [3.05, 3.63) is 0 Å². The standard InChI is InChI=1S/C12H20/c1-2-4-10(5-3-1)12(8-9-12)11-6-7-11/h10-11H,1-9H2. The molecule has 0 aromatic rings. The molecule has 0 bridgehead atoms. The molecule has 0 nitrogen and oxygen atoms in total. The molecule has 0 unspecified atom stereocenters. The Hall–Kier alpha value is 0. The summed E-state index contributed by atoms with van der Waals surface area (Å²) in [4.78, 5) is 0. The zero-order valence-electron chi connectivity index (χ0n) is 8.02. The Morgan fingerprint density at radius 1 is 0.667 bits per heavy atom. The third-order valence-corrected chi connectivity index (χ3v) is 4.64. The lowest BCUT2D eigenvalue weighted by Crippen LogP contribution is -2.20. The third-order valence-electron chi connectivity index (χ3n) is 4.64. The van der Waals surface area contributed by atoms with Crippen molar-refractivity contribution in [2.75, 3.05) is 0 Å². The van der Waals surface area contributed by atoms with E-state index in [0.29, 0.717) is 0 Å². The fourth-order valence-electron chi connectivity index (χ4n) is 3.63. The van der Waals surface area contributed by atoms with Crippen molar-refractivity contribution in [3.63, 3.8) is 0 Å². The van der Waals surface area contributed by atoms with Gasteiger partial charge in [-0.3, -0.25) is 0 Å². The van der Waals surface area contributed by atoms with Gasteiger partial charge in [0, 0.05) is 0 Å². The first kappa shape index (κ1) is 7.41. The maximum atomic E-state index is 1.60. The molecule has 0 saturated heterocycles. The lowest BCUT2D eigenvalue weighted by Gasteiger charge is -2.30. The smallest absolute Gasteiger partial charge is 0.0240 e. The van der Waals surface area contributed by atoms with E-state index in [-0.39, 0.29) is 0 Å².